The zero-order valence-corrected chi connectivity index (χ0v) is 17.3. The molecule has 0 amide bonds. The highest BCUT2D eigenvalue weighted by molar-refractivity contribution is 8.02. The van der Waals surface area contributed by atoms with E-state index >= 15 is 0 Å². The lowest BCUT2D eigenvalue weighted by Gasteiger charge is -2.26. The van der Waals surface area contributed by atoms with Gasteiger partial charge in [-0.05, 0) is 41.5 Å². The molecule has 7 heteroatoms. The van der Waals surface area contributed by atoms with Crippen LogP contribution in [-0.4, -0.2) is 36.9 Å². The third kappa shape index (κ3) is 4.39. The molecular weight excluding hydrogens is 386 g/mol. The van der Waals surface area contributed by atoms with Crippen molar-refractivity contribution in [2.24, 2.45) is 0 Å². The first-order valence-electron chi connectivity index (χ1n) is 8.58. The Bertz CT molecular complexity index is 919. The van der Waals surface area contributed by atoms with Crippen LogP contribution in [0.2, 0.25) is 0 Å². The maximum Gasteiger partial charge on any atom is 0.264 e. The Balaban J connectivity index is 1.99. The third-order valence-electron chi connectivity index (χ3n) is 4.45. The van der Waals surface area contributed by atoms with Crippen molar-refractivity contribution in [2.45, 2.75) is 30.0 Å². The Kier molecular flexibility index (Phi) is 6.22. The fourth-order valence-electron chi connectivity index (χ4n) is 3.22. The number of fused-ring (bicyclic) bond motifs is 3. The van der Waals surface area contributed by atoms with Gasteiger partial charge in [-0.15, -0.1) is 11.8 Å². The van der Waals surface area contributed by atoms with Crippen LogP contribution in [0.5, 0.6) is 0 Å². The number of benzene rings is 2. The molecule has 0 radical (unpaired) electrons. The molecule has 0 aromatic heterocycles. The van der Waals surface area contributed by atoms with Gasteiger partial charge in [-0.25, -0.2) is 0 Å². The fourth-order valence-corrected chi connectivity index (χ4v) is 5.67. The molecule has 1 N–H and O–H groups in total. The minimum atomic E-state index is -3.94. The van der Waals surface area contributed by atoms with Crippen LogP contribution < -0.4 is 4.90 Å². The molecule has 4 nitrogen and oxygen atoms in total. The van der Waals surface area contributed by atoms with Gasteiger partial charge >= 0.3 is 0 Å². The van der Waals surface area contributed by atoms with Gasteiger partial charge in [0.2, 0.25) is 0 Å². The Morgan fingerprint density at radius 3 is 2.77 bits per heavy atom. The molecule has 1 unspecified atom stereocenters. The summed E-state index contributed by atoms with van der Waals surface area (Å²) in [5, 5.41) is 2.50. The van der Waals surface area contributed by atoms with Crippen LogP contribution in [-0.2, 0) is 10.1 Å². The van der Waals surface area contributed by atoms with E-state index in [0.717, 1.165) is 6.42 Å². The molecule has 140 valence electrons. The van der Waals surface area contributed by atoms with E-state index in [2.05, 4.69) is 48.4 Å². The largest absolute Gasteiger partial charge is 0.354 e. The van der Waals surface area contributed by atoms with Gasteiger partial charge in [-0.2, -0.15) is 8.42 Å². The van der Waals surface area contributed by atoms with Crippen molar-refractivity contribution in [3.8, 4) is 0 Å². The van der Waals surface area contributed by atoms with Crippen LogP contribution in [0.25, 0.3) is 10.8 Å². The molecule has 1 aliphatic rings. The highest BCUT2D eigenvalue weighted by atomic mass is 32.2. The van der Waals surface area contributed by atoms with Gasteiger partial charge in [-0.3, -0.25) is 4.55 Å². The number of anilines is 1. The Morgan fingerprint density at radius 1 is 1.31 bits per heavy atom. The summed E-state index contributed by atoms with van der Waals surface area (Å²) < 4.78 is 31.3. The second-order valence-corrected chi connectivity index (χ2v) is 9.83. The van der Waals surface area contributed by atoms with Crippen molar-refractivity contribution in [3.63, 3.8) is 0 Å². The molecule has 2 aromatic rings. The molecule has 1 atom stereocenters. The molecule has 1 aliphatic heterocycles. The lowest BCUT2D eigenvalue weighted by Crippen LogP contribution is -2.30. The van der Waals surface area contributed by atoms with Crippen molar-refractivity contribution in [3.05, 3.63) is 47.4 Å². The number of hydrogen-bond acceptors (Lipinski definition) is 5. The van der Waals surface area contributed by atoms with E-state index in [1.54, 1.807) is 23.5 Å². The average Bonchev–Trinajstić information content (AvgIpc) is 2.96. The summed E-state index contributed by atoms with van der Waals surface area (Å²) >= 11 is 3.55. The van der Waals surface area contributed by atoms with Gasteiger partial charge < -0.3 is 4.90 Å². The van der Waals surface area contributed by atoms with Gasteiger partial charge in [0.05, 0.1) is 16.8 Å². The maximum atomic E-state index is 11.1. The van der Waals surface area contributed by atoms with Crippen molar-refractivity contribution >= 4 is 50.1 Å². The lowest BCUT2D eigenvalue weighted by atomic mass is 10.1. The molecule has 0 fully saturated rings. The minimum absolute atomic E-state index is 0.139. The van der Waals surface area contributed by atoms with Crippen molar-refractivity contribution in [1.29, 1.82) is 0 Å². The number of hydrogen-bond donors (Lipinski definition) is 1. The highest BCUT2D eigenvalue weighted by Gasteiger charge is 2.30. The maximum absolute atomic E-state index is 11.1. The van der Waals surface area contributed by atoms with Crippen LogP contribution in [0.15, 0.2) is 52.3 Å². The molecule has 0 bridgehead atoms. The first kappa shape index (κ1) is 19.6. The first-order valence-corrected chi connectivity index (χ1v) is 12.3. The first-order chi connectivity index (χ1) is 12.4. The van der Waals surface area contributed by atoms with Gasteiger partial charge in [0.15, 0.2) is 0 Å². The Hall–Kier alpha value is -1.15. The second-order valence-electron chi connectivity index (χ2n) is 6.17. The standard InChI is InChI=1S/C19H23NO3S3/c1-3-15(24-2)13-18-20(11-6-12-26(21,22)23)19-16-8-5-4-7-14(16)9-10-17(19)25-18/h4-5,7-10,13,18H,3,6,11-12H2,1-2H3,(H,21,22,23). The SMILES string of the molecule is CCC(=CC1Sc2ccc3ccccc3c2N1CCCS(=O)(=O)O)SC. The van der Waals surface area contributed by atoms with E-state index in [0.29, 0.717) is 13.0 Å². The van der Waals surface area contributed by atoms with Crippen molar-refractivity contribution in [1.82, 2.24) is 0 Å². The van der Waals surface area contributed by atoms with Crippen LogP contribution in [0.4, 0.5) is 5.69 Å². The number of rotatable bonds is 7. The van der Waals surface area contributed by atoms with Crippen molar-refractivity contribution < 1.29 is 13.0 Å². The smallest absolute Gasteiger partial charge is 0.264 e. The topological polar surface area (TPSA) is 57.6 Å². The fraction of sp³-hybridized carbons (Fsp3) is 0.368. The highest BCUT2D eigenvalue weighted by Crippen LogP contribution is 2.48. The van der Waals surface area contributed by atoms with E-state index in [-0.39, 0.29) is 11.1 Å². The predicted molar refractivity (Wildman–Crippen MR) is 114 cm³/mol. The number of nitrogens with zero attached hydrogens (tertiary/aromatic N) is 1. The van der Waals surface area contributed by atoms with E-state index in [4.69, 9.17) is 4.55 Å². The Morgan fingerprint density at radius 2 is 2.08 bits per heavy atom. The molecule has 0 aliphatic carbocycles. The molecule has 2 aromatic carbocycles. The van der Waals surface area contributed by atoms with Crippen LogP contribution in [0, 0.1) is 0 Å². The number of thioether (sulfide) groups is 2. The van der Waals surface area contributed by atoms with Gasteiger partial charge in [0.25, 0.3) is 10.1 Å². The van der Waals surface area contributed by atoms with Gasteiger partial charge in [-0.1, -0.05) is 49.0 Å². The summed E-state index contributed by atoms with van der Waals surface area (Å²) in [7, 11) is -3.94. The van der Waals surface area contributed by atoms with Gasteiger partial charge in [0, 0.05) is 16.8 Å². The zero-order chi connectivity index (χ0) is 18.7. The minimum Gasteiger partial charge on any atom is -0.354 e. The summed E-state index contributed by atoms with van der Waals surface area (Å²) in [5.74, 6) is -0.214. The molecule has 26 heavy (non-hydrogen) atoms. The third-order valence-corrected chi connectivity index (χ3v) is 7.42. The van der Waals surface area contributed by atoms with E-state index < -0.39 is 10.1 Å². The summed E-state index contributed by atoms with van der Waals surface area (Å²) in [6.07, 6.45) is 5.74. The quantitative estimate of drug-likeness (QED) is 0.649. The Labute approximate surface area is 163 Å². The molecule has 0 spiro atoms. The molecule has 1 heterocycles. The van der Waals surface area contributed by atoms with Crippen LogP contribution in [0.3, 0.4) is 0 Å². The van der Waals surface area contributed by atoms with Crippen LogP contribution in [0.1, 0.15) is 19.8 Å². The molecule has 3 rings (SSSR count). The van der Waals surface area contributed by atoms with Gasteiger partial charge in [0.1, 0.15) is 0 Å². The number of allylic oxidation sites excluding steroid dienone is 1. The van der Waals surface area contributed by atoms with E-state index in [1.165, 1.54) is 26.3 Å². The van der Waals surface area contributed by atoms with E-state index in [9.17, 15) is 8.42 Å². The molecular formula is C19H23NO3S3. The summed E-state index contributed by atoms with van der Waals surface area (Å²) in [4.78, 5) is 4.81. The normalized spacial score (nSPS) is 17.7. The molecule has 0 saturated carbocycles. The predicted octanol–water partition coefficient (Wildman–Crippen LogP) is 5.01. The molecule has 0 saturated heterocycles. The van der Waals surface area contributed by atoms with Crippen molar-refractivity contribution in [2.75, 3.05) is 23.5 Å². The monoisotopic (exact) mass is 409 g/mol. The zero-order valence-electron chi connectivity index (χ0n) is 14.9. The van der Waals surface area contributed by atoms with E-state index in [1.807, 2.05) is 12.1 Å². The second kappa shape index (κ2) is 8.25. The summed E-state index contributed by atoms with van der Waals surface area (Å²) in [6, 6.07) is 12.6. The van der Waals surface area contributed by atoms with Crippen LogP contribution >= 0.6 is 23.5 Å². The summed E-state index contributed by atoms with van der Waals surface area (Å²) in [5.41, 5.74) is 1.17. The summed E-state index contributed by atoms with van der Waals surface area (Å²) in [6.45, 7) is 2.73. The lowest BCUT2D eigenvalue weighted by molar-refractivity contribution is 0.481. The average molecular weight is 410 g/mol.